The number of halogens is 1. The van der Waals surface area contributed by atoms with E-state index in [0.717, 1.165) is 24.2 Å². The molecule has 1 aromatic carbocycles. The molecule has 1 saturated carbocycles. The van der Waals surface area contributed by atoms with Crippen LogP contribution < -0.4 is 5.32 Å². The number of hydrogen-bond donors (Lipinski definition) is 1. The highest BCUT2D eigenvalue weighted by Crippen LogP contribution is 2.25. The van der Waals surface area contributed by atoms with Crippen molar-refractivity contribution in [3.05, 3.63) is 34.3 Å². The van der Waals surface area contributed by atoms with Crippen molar-refractivity contribution >= 4 is 11.6 Å². The first-order valence-electron chi connectivity index (χ1n) is 7.45. The van der Waals surface area contributed by atoms with Gasteiger partial charge in [0.05, 0.1) is 0 Å². The highest BCUT2D eigenvalue weighted by atomic mass is 35.5. The molecular formula is C16H23ClN2. The lowest BCUT2D eigenvalue weighted by atomic mass is 10.1. The molecule has 1 aliphatic carbocycles. The lowest BCUT2D eigenvalue weighted by Crippen LogP contribution is -2.38. The molecular weight excluding hydrogens is 256 g/mol. The van der Waals surface area contributed by atoms with Crippen molar-refractivity contribution in [3.8, 4) is 0 Å². The lowest BCUT2D eigenvalue weighted by molar-refractivity contribution is 0.239. The Bertz CT molecular complexity index is 442. The van der Waals surface area contributed by atoms with Crippen LogP contribution in [-0.4, -0.2) is 30.1 Å². The third kappa shape index (κ3) is 3.50. The summed E-state index contributed by atoms with van der Waals surface area (Å²) in [5.74, 6) is 0. The monoisotopic (exact) mass is 278 g/mol. The molecule has 0 spiro atoms. The Labute approximate surface area is 121 Å². The molecule has 1 aromatic rings. The molecule has 1 N–H and O–H groups in total. The minimum absolute atomic E-state index is 0.693. The summed E-state index contributed by atoms with van der Waals surface area (Å²) in [5.41, 5.74) is 2.51. The largest absolute Gasteiger partial charge is 0.312 e. The van der Waals surface area contributed by atoms with Gasteiger partial charge in [-0.3, -0.25) is 4.90 Å². The molecule has 19 heavy (non-hydrogen) atoms. The fraction of sp³-hybridized carbons (Fsp3) is 0.625. The molecule has 1 aliphatic heterocycles. The highest BCUT2D eigenvalue weighted by molar-refractivity contribution is 6.31. The summed E-state index contributed by atoms with van der Waals surface area (Å²) in [6.07, 6.45) is 5.39. The van der Waals surface area contributed by atoms with Gasteiger partial charge in [-0.05, 0) is 56.3 Å². The predicted octanol–water partition coefficient (Wildman–Crippen LogP) is 3.36. The van der Waals surface area contributed by atoms with Gasteiger partial charge in [0.1, 0.15) is 0 Å². The Hall–Kier alpha value is -0.570. The maximum atomic E-state index is 6.35. The molecule has 1 saturated heterocycles. The number of aryl methyl sites for hydroxylation is 1. The SMILES string of the molecule is Cc1ccc(CN2CCCC2CNC2CC2)c(Cl)c1. The number of nitrogens with zero attached hydrogens (tertiary/aromatic N) is 1. The van der Waals surface area contributed by atoms with E-state index in [9.17, 15) is 0 Å². The second-order valence-electron chi connectivity index (χ2n) is 6.04. The molecule has 2 fully saturated rings. The quantitative estimate of drug-likeness (QED) is 0.888. The van der Waals surface area contributed by atoms with Gasteiger partial charge < -0.3 is 5.32 Å². The average molecular weight is 279 g/mol. The molecule has 0 radical (unpaired) electrons. The van der Waals surface area contributed by atoms with E-state index in [1.54, 1.807) is 0 Å². The third-order valence-electron chi connectivity index (χ3n) is 4.30. The van der Waals surface area contributed by atoms with Gasteiger partial charge >= 0.3 is 0 Å². The Kier molecular flexibility index (Phi) is 4.11. The van der Waals surface area contributed by atoms with Crippen molar-refractivity contribution in [2.75, 3.05) is 13.1 Å². The van der Waals surface area contributed by atoms with Crippen LogP contribution in [-0.2, 0) is 6.54 Å². The van der Waals surface area contributed by atoms with Crippen molar-refractivity contribution in [2.45, 2.75) is 51.2 Å². The van der Waals surface area contributed by atoms with E-state index < -0.39 is 0 Å². The van der Waals surface area contributed by atoms with Crippen LogP contribution in [0.4, 0.5) is 0 Å². The summed E-state index contributed by atoms with van der Waals surface area (Å²) in [6, 6.07) is 7.92. The molecule has 2 aliphatic rings. The van der Waals surface area contributed by atoms with Gasteiger partial charge in [-0.1, -0.05) is 23.7 Å². The Morgan fingerprint density at radius 3 is 2.89 bits per heavy atom. The summed E-state index contributed by atoms with van der Waals surface area (Å²) < 4.78 is 0. The summed E-state index contributed by atoms with van der Waals surface area (Å²) in [5, 5.41) is 4.58. The first-order chi connectivity index (χ1) is 9.22. The second kappa shape index (κ2) is 5.82. The van der Waals surface area contributed by atoms with E-state index in [-0.39, 0.29) is 0 Å². The van der Waals surface area contributed by atoms with Crippen molar-refractivity contribution in [1.82, 2.24) is 10.2 Å². The summed E-state index contributed by atoms with van der Waals surface area (Å²) >= 11 is 6.35. The van der Waals surface area contributed by atoms with Crippen molar-refractivity contribution < 1.29 is 0 Å². The molecule has 104 valence electrons. The number of rotatable bonds is 5. The van der Waals surface area contributed by atoms with E-state index in [4.69, 9.17) is 11.6 Å². The Morgan fingerprint density at radius 1 is 1.32 bits per heavy atom. The molecule has 3 heteroatoms. The first-order valence-corrected chi connectivity index (χ1v) is 7.82. The van der Waals surface area contributed by atoms with E-state index in [1.165, 1.54) is 43.4 Å². The van der Waals surface area contributed by atoms with E-state index in [2.05, 4.69) is 35.3 Å². The zero-order chi connectivity index (χ0) is 13.2. The zero-order valence-electron chi connectivity index (χ0n) is 11.7. The Balaban J connectivity index is 1.60. The molecule has 0 bridgehead atoms. The van der Waals surface area contributed by atoms with Crippen molar-refractivity contribution in [3.63, 3.8) is 0 Å². The molecule has 0 amide bonds. The van der Waals surface area contributed by atoms with E-state index in [0.29, 0.717) is 6.04 Å². The van der Waals surface area contributed by atoms with E-state index in [1.807, 2.05) is 0 Å². The van der Waals surface area contributed by atoms with Crippen LogP contribution in [0.2, 0.25) is 5.02 Å². The molecule has 1 unspecified atom stereocenters. The highest BCUT2D eigenvalue weighted by Gasteiger charge is 2.27. The van der Waals surface area contributed by atoms with Gasteiger partial charge in [-0.15, -0.1) is 0 Å². The fourth-order valence-electron chi connectivity index (χ4n) is 2.92. The fourth-order valence-corrected chi connectivity index (χ4v) is 3.22. The molecule has 3 rings (SSSR count). The van der Waals surface area contributed by atoms with Gasteiger partial charge in [0.2, 0.25) is 0 Å². The van der Waals surface area contributed by atoms with Crippen LogP contribution in [0.25, 0.3) is 0 Å². The van der Waals surface area contributed by atoms with Crippen LogP contribution in [0.5, 0.6) is 0 Å². The molecule has 0 aromatic heterocycles. The summed E-state index contributed by atoms with van der Waals surface area (Å²) in [7, 11) is 0. The molecule has 2 nitrogen and oxygen atoms in total. The predicted molar refractivity (Wildman–Crippen MR) is 80.6 cm³/mol. The zero-order valence-corrected chi connectivity index (χ0v) is 12.4. The molecule has 1 heterocycles. The van der Waals surface area contributed by atoms with Gasteiger partial charge in [-0.2, -0.15) is 0 Å². The molecule has 1 atom stereocenters. The van der Waals surface area contributed by atoms with Crippen LogP contribution in [0.3, 0.4) is 0 Å². The topological polar surface area (TPSA) is 15.3 Å². The first kappa shape index (κ1) is 13.4. The maximum absolute atomic E-state index is 6.35. The van der Waals surface area contributed by atoms with Gasteiger partial charge in [0.15, 0.2) is 0 Å². The standard InChI is InChI=1S/C16H23ClN2/c1-12-4-5-13(16(17)9-12)11-19-8-2-3-15(19)10-18-14-6-7-14/h4-5,9,14-15,18H,2-3,6-8,10-11H2,1H3. The maximum Gasteiger partial charge on any atom is 0.0453 e. The van der Waals surface area contributed by atoms with Crippen LogP contribution >= 0.6 is 11.6 Å². The van der Waals surface area contributed by atoms with Gasteiger partial charge in [-0.25, -0.2) is 0 Å². The smallest absolute Gasteiger partial charge is 0.0453 e. The Morgan fingerprint density at radius 2 is 2.16 bits per heavy atom. The van der Waals surface area contributed by atoms with Crippen LogP contribution in [0, 0.1) is 6.92 Å². The van der Waals surface area contributed by atoms with Crippen LogP contribution in [0.15, 0.2) is 18.2 Å². The number of likely N-dealkylation sites (tertiary alicyclic amines) is 1. The minimum atomic E-state index is 0.693. The number of hydrogen-bond acceptors (Lipinski definition) is 2. The third-order valence-corrected chi connectivity index (χ3v) is 4.65. The normalized spacial score (nSPS) is 24.0. The van der Waals surface area contributed by atoms with E-state index >= 15 is 0 Å². The van der Waals surface area contributed by atoms with Crippen LogP contribution in [0.1, 0.15) is 36.8 Å². The summed E-state index contributed by atoms with van der Waals surface area (Å²) in [6.45, 7) is 5.44. The van der Waals surface area contributed by atoms with Gasteiger partial charge in [0, 0.05) is 30.2 Å². The van der Waals surface area contributed by atoms with Crippen molar-refractivity contribution in [2.24, 2.45) is 0 Å². The number of nitrogens with one attached hydrogen (secondary N) is 1. The van der Waals surface area contributed by atoms with Gasteiger partial charge in [0.25, 0.3) is 0 Å². The minimum Gasteiger partial charge on any atom is -0.312 e. The average Bonchev–Trinajstić information content (AvgIpc) is 3.11. The van der Waals surface area contributed by atoms with Crippen molar-refractivity contribution in [1.29, 1.82) is 0 Å². The number of benzene rings is 1. The summed E-state index contributed by atoms with van der Waals surface area (Å²) in [4.78, 5) is 2.59. The lowest BCUT2D eigenvalue weighted by Gasteiger charge is -2.25. The second-order valence-corrected chi connectivity index (χ2v) is 6.45.